The molecule has 0 aliphatic carbocycles. The van der Waals surface area contributed by atoms with Crippen molar-refractivity contribution in [3.8, 4) is 11.6 Å². The Labute approximate surface area is 115 Å². The zero-order valence-corrected chi connectivity index (χ0v) is 11.6. The molecule has 4 nitrogen and oxygen atoms in total. The minimum atomic E-state index is -0.663. The van der Waals surface area contributed by atoms with Crippen molar-refractivity contribution in [2.45, 2.75) is 20.4 Å². The third-order valence-corrected chi connectivity index (χ3v) is 2.89. The molecule has 1 aromatic heterocycles. The van der Waals surface area contributed by atoms with Gasteiger partial charge in [-0.25, -0.2) is 13.5 Å². The second-order valence-electron chi connectivity index (χ2n) is 4.29. The van der Waals surface area contributed by atoms with Crippen molar-refractivity contribution in [2.75, 3.05) is 13.7 Å². The molecule has 0 N–H and O–H groups in total. The van der Waals surface area contributed by atoms with E-state index >= 15 is 0 Å². The lowest BCUT2D eigenvalue weighted by Crippen LogP contribution is -2.08. The van der Waals surface area contributed by atoms with Gasteiger partial charge in [-0.05, 0) is 13.8 Å². The van der Waals surface area contributed by atoms with Gasteiger partial charge in [-0.1, -0.05) is 0 Å². The first kappa shape index (κ1) is 14.3. The highest BCUT2D eigenvalue weighted by molar-refractivity contribution is 5.32. The highest BCUT2D eigenvalue weighted by Gasteiger charge is 2.16. The molecule has 2 aromatic rings. The molecular weight excluding hydrogens is 266 g/mol. The van der Waals surface area contributed by atoms with Crippen molar-refractivity contribution in [3.63, 3.8) is 0 Å². The number of methoxy groups -OCH3 is 1. The van der Waals surface area contributed by atoms with Crippen LogP contribution in [0.3, 0.4) is 0 Å². The van der Waals surface area contributed by atoms with Crippen LogP contribution in [0.1, 0.15) is 18.1 Å². The molecule has 2 rings (SSSR count). The van der Waals surface area contributed by atoms with Crippen molar-refractivity contribution in [1.29, 1.82) is 0 Å². The van der Waals surface area contributed by atoms with Crippen LogP contribution in [0.2, 0.25) is 0 Å². The molecule has 1 aromatic carbocycles. The fourth-order valence-electron chi connectivity index (χ4n) is 1.98. The highest BCUT2D eigenvalue weighted by atomic mass is 19.1. The molecule has 0 saturated carbocycles. The molecule has 0 aliphatic heterocycles. The van der Waals surface area contributed by atoms with E-state index in [1.807, 2.05) is 6.92 Å². The van der Waals surface area contributed by atoms with E-state index in [1.165, 1.54) is 23.9 Å². The number of rotatable bonds is 5. The summed E-state index contributed by atoms with van der Waals surface area (Å²) >= 11 is 0. The molecule has 0 bridgehead atoms. The van der Waals surface area contributed by atoms with Gasteiger partial charge in [0.1, 0.15) is 17.4 Å². The van der Waals surface area contributed by atoms with Crippen molar-refractivity contribution in [2.24, 2.45) is 0 Å². The number of ether oxygens (including phenoxy) is 2. The summed E-state index contributed by atoms with van der Waals surface area (Å²) in [5.41, 5.74) is 0.731. The number of hydrogen-bond donors (Lipinski definition) is 0. The summed E-state index contributed by atoms with van der Waals surface area (Å²) in [5, 5.41) is 4.05. The van der Waals surface area contributed by atoms with Crippen LogP contribution in [-0.4, -0.2) is 23.5 Å². The Bertz CT molecular complexity index is 588. The van der Waals surface area contributed by atoms with Crippen molar-refractivity contribution in [3.05, 3.63) is 41.1 Å². The Morgan fingerprint density at radius 2 is 1.90 bits per heavy atom. The molecule has 108 valence electrons. The molecule has 0 fully saturated rings. The topological polar surface area (TPSA) is 36.3 Å². The lowest BCUT2D eigenvalue weighted by molar-refractivity contribution is 0.334. The van der Waals surface area contributed by atoms with E-state index in [0.29, 0.717) is 12.5 Å². The van der Waals surface area contributed by atoms with E-state index in [4.69, 9.17) is 9.47 Å². The molecule has 0 saturated heterocycles. The molecule has 20 heavy (non-hydrogen) atoms. The number of nitrogens with zero attached hydrogens (tertiary/aromatic N) is 2. The Morgan fingerprint density at radius 3 is 2.45 bits per heavy atom. The number of halogens is 2. The number of aromatic nitrogens is 2. The third kappa shape index (κ3) is 2.74. The minimum absolute atomic E-state index is 0.0406. The van der Waals surface area contributed by atoms with E-state index in [9.17, 15) is 8.78 Å². The smallest absolute Gasteiger partial charge is 0.214 e. The zero-order chi connectivity index (χ0) is 14.7. The molecule has 0 aliphatic rings. The molecule has 0 radical (unpaired) electrons. The fourth-order valence-corrected chi connectivity index (χ4v) is 1.98. The first-order valence-electron chi connectivity index (χ1n) is 6.24. The van der Waals surface area contributed by atoms with Gasteiger partial charge in [0, 0.05) is 23.3 Å². The SMILES string of the molecule is CCOc1cc(F)c(Cn2ncc(C)c2OC)c(F)c1. The van der Waals surface area contributed by atoms with Crippen LogP contribution in [0.5, 0.6) is 11.6 Å². The number of benzene rings is 1. The molecule has 0 spiro atoms. The molecule has 0 unspecified atom stereocenters. The monoisotopic (exact) mass is 282 g/mol. The van der Waals surface area contributed by atoms with Gasteiger partial charge in [-0.3, -0.25) is 0 Å². The normalized spacial score (nSPS) is 10.7. The second-order valence-corrected chi connectivity index (χ2v) is 4.29. The first-order chi connectivity index (χ1) is 9.56. The van der Waals surface area contributed by atoms with Crippen molar-refractivity contribution < 1.29 is 18.3 Å². The van der Waals surface area contributed by atoms with Crippen LogP contribution in [0.25, 0.3) is 0 Å². The van der Waals surface area contributed by atoms with Gasteiger partial charge in [0.15, 0.2) is 0 Å². The van der Waals surface area contributed by atoms with Gasteiger partial charge in [0.25, 0.3) is 0 Å². The van der Waals surface area contributed by atoms with Crippen molar-refractivity contribution in [1.82, 2.24) is 9.78 Å². The van der Waals surface area contributed by atoms with Gasteiger partial charge in [0.2, 0.25) is 5.88 Å². The highest BCUT2D eigenvalue weighted by Crippen LogP contribution is 2.24. The van der Waals surface area contributed by atoms with E-state index < -0.39 is 11.6 Å². The summed E-state index contributed by atoms with van der Waals surface area (Å²) in [6, 6.07) is 2.34. The van der Waals surface area contributed by atoms with Gasteiger partial charge in [-0.15, -0.1) is 0 Å². The molecule has 6 heteroatoms. The van der Waals surface area contributed by atoms with Crippen LogP contribution in [-0.2, 0) is 6.54 Å². The molecule has 0 amide bonds. The second kappa shape index (κ2) is 5.90. The van der Waals surface area contributed by atoms with Crippen LogP contribution in [0, 0.1) is 18.6 Å². The quantitative estimate of drug-likeness (QED) is 0.846. The largest absolute Gasteiger partial charge is 0.494 e. The maximum atomic E-state index is 14.0. The predicted molar refractivity (Wildman–Crippen MR) is 70.1 cm³/mol. The van der Waals surface area contributed by atoms with E-state index in [2.05, 4.69) is 5.10 Å². The van der Waals surface area contributed by atoms with Gasteiger partial charge < -0.3 is 9.47 Å². The van der Waals surface area contributed by atoms with Crippen LogP contribution >= 0.6 is 0 Å². The molecular formula is C14H16F2N2O2. The Morgan fingerprint density at radius 1 is 1.25 bits per heavy atom. The third-order valence-electron chi connectivity index (χ3n) is 2.89. The maximum Gasteiger partial charge on any atom is 0.214 e. The average Bonchev–Trinajstić information content (AvgIpc) is 2.74. The van der Waals surface area contributed by atoms with E-state index in [1.54, 1.807) is 13.1 Å². The summed E-state index contributed by atoms with van der Waals surface area (Å²) in [7, 11) is 1.49. The number of aryl methyl sites for hydroxylation is 1. The lowest BCUT2D eigenvalue weighted by Gasteiger charge is -2.11. The van der Waals surface area contributed by atoms with Gasteiger partial charge in [-0.2, -0.15) is 5.10 Å². The molecule has 0 atom stereocenters. The Hall–Kier alpha value is -2.11. The first-order valence-corrected chi connectivity index (χ1v) is 6.24. The summed E-state index contributed by atoms with van der Waals surface area (Å²) in [5.74, 6) is -0.667. The standard InChI is InChI=1S/C14H16F2N2O2/c1-4-20-10-5-12(15)11(13(16)6-10)8-18-14(19-3)9(2)7-17-18/h5-7H,4,8H2,1-3H3. The predicted octanol–water partition coefficient (Wildman–Crippen LogP) is 2.93. The summed E-state index contributed by atoms with van der Waals surface area (Å²) < 4.78 is 39.6. The van der Waals surface area contributed by atoms with E-state index in [0.717, 1.165) is 5.56 Å². The van der Waals surface area contributed by atoms with Gasteiger partial charge >= 0.3 is 0 Å². The van der Waals surface area contributed by atoms with Crippen LogP contribution in [0.15, 0.2) is 18.3 Å². The average molecular weight is 282 g/mol. The molecule has 1 heterocycles. The van der Waals surface area contributed by atoms with Crippen LogP contribution < -0.4 is 9.47 Å². The summed E-state index contributed by atoms with van der Waals surface area (Å²) in [6.45, 7) is 3.87. The fraction of sp³-hybridized carbons (Fsp3) is 0.357. The summed E-state index contributed by atoms with van der Waals surface area (Å²) in [6.07, 6.45) is 1.59. The summed E-state index contributed by atoms with van der Waals surface area (Å²) in [4.78, 5) is 0. The zero-order valence-electron chi connectivity index (χ0n) is 11.6. The minimum Gasteiger partial charge on any atom is -0.494 e. The van der Waals surface area contributed by atoms with E-state index in [-0.39, 0.29) is 17.9 Å². The Balaban J connectivity index is 2.33. The van der Waals surface area contributed by atoms with Crippen molar-refractivity contribution >= 4 is 0 Å². The lowest BCUT2D eigenvalue weighted by atomic mass is 10.2. The Kier molecular flexibility index (Phi) is 4.22. The van der Waals surface area contributed by atoms with Gasteiger partial charge in [0.05, 0.1) is 26.5 Å². The van der Waals surface area contributed by atoms with Crippen LogP contribution in [0.4, 0.5) is 8.78 Å². The number of hydrogen-bond acceptors (Lipinski definition) is 3. The maximum absolute atomic E-state index is 14.0.